The Morgan fingerprint density at radius 1 is 0.926 bits per heavy atom. The number of anilines is 1. The SMILES string of the molecule is Cc1nc2ccccc2n1-c1nc(NCc2ccccc2)c2ccsc2n1. The molecule has 0 saturated heterocycles. The molecule has 132 valence electrons. The number of nitrogens with one attached hydrogen (secondary N) is 1. The summed E-state index contributed by atoms with van der Waals surface area (Å²) in [6.45, 7) is 2.70. The Labute approximate surface area is 160 Å². The minimum absolute atomic E-state index is 0.645. The van der Waals surface area contributed by atoms with Gasteiger partial charge in [-0.1, -0.05) is 42.5 Å². The number of imidazole rings is 1. The second kappa shape index (κ2) is 6.48. The fraction of sp³-hybridized carbons (Fsp3) is 0.0952. The van der Waals surface area contributed by atoms with Crippen molar-refractivity contribution in [1.29, 1.82) is 0 Å². The van der Waals surface area contributed by atoms with E-state index < -0.39 is 0 Å². The van der Waals surface area contributed by atoms with E-state index in [2.05, 4.69) is 33.9 Å². The van der Waals surface area contributed by atoms with Crippen molar-refractivity contribution in [1.82, 2.24) is 19.5 Å². The molecular formula is C21H17N5S. The number of hydrogen-bond acceptors (Lipinski definition) is 5. The van der Waals surface area contributed by atoms with E-state index in [1.807, 2.05) is 54.0 Å². The van der Waals surface area contributed by atoms with Crippen molar-refractivity contribution >= 4 is 38.4 Å². The normalized spacial score (nSPS) is 11.3. The number of para-hydroxylation sites is 2. The highest BCUT2D eigenvalue weighted by Gasteiger charge is 2.15. The zero-order chi connectivity index (χ0) is 18.2. The summed E-state index contributed by atoms with van der Waals surface area (Å²) in [5, 5.41) is 6.58. The largest absolute Gasteiger partial charge is 0.365 e. The van der Waals surface area contributed by atoms with E-state index in [-0.39, 0.29) is 0 Å². The van der Waals surface area contributed by atoms with Gasteiger partial charge < -0.3 is 5.32 Å². The predicted molar refractivity (Wildman–Crippen MR) is 111 cm³/mol. The molecule has 0 spiro atoms. The molecule has 1 N–H and O–H groups in total. The minimum atomic E-state index is 0.645. The summed E-state index contributed by atoms with van der Waals surface area (Å²) < 4.78 is 2.02. The molecule has 0 unspecified atom stereocenters. The Balaban J connectivity index is 1.62. The summed E-state index contributed by atoms with van der Waals surface area (Å²) in [5.41, 5.74) is 3.17. The minimum Gasteiger partial charge on any atom is -0.365 e. The number of aromatic nitrogens is 4. The van der Waals surface area contributed by atoms with Gasteiger partial charge in [0.05, 0.1) is 16.4 Å². The highest BCUT2D eigenvalue weighted by molar-refractivity contribution is 7.16. The maximum absolute atomic E-state index is 4.85. The molecule has 3 heterocycles. The van der Waals surface area contributed by atoms with Crippen LogP contribution in [0.5, 0.6) is 0 Å². The first kappa shape index (κ1) is 16.0. The molecule has 0 saturated carbocycles. The van der Waals surface area contributed by atoms with Crippen LogP contribution in [0.25, 0.3) is 27.2 Å². The summed E-state index contributed by atoms with van der Waals surface area (Å²) in [6.07, 6.45) is 0. The average molecular weight is 371 g/mol. The summed E-state index contributed by atoms with van der Waals surface area (Å²) in [4.78, 5) is 15.3. The molecule has 5 rings (SSSR count). The van der Waals surface area contributed by atoms with E-state index in [4.69, 9.17) is 9.97 Å². The van der Waals surface area contributed by atoms with Crippen LogP contribution >= 0.6 is 11.3 Å². The molecule has 0 amide bonds. The van der Waals surface area contributed by atoms with Gasteiger partial charge >= 0.3 is 0 Å². The number of rotatable bonds is 4. The number of thiophene rings is 1. The van der Waals surface area contributed by atoms with Gasteiger partial charge in [-0.3, -0.25) is 4.57 Å². The lowest BCUT2D eigenvalue weighted by atomic mass is 10.2. The van der Waals surface area contributed by atoms with Crippen LogP contribution in [0.15, 0.2) is 66.0 Å². The third-order valence-electron chi connectivity index (χ3n) is 4.54. The predicted octanol–water partition coefficient (Wildman–Crippen LogP) is 4.95. The van der Waals surface area contributed by atoms with Gasteiger partial charge in [-0.05, 0) is 36.1 Å². The summed E-state index contributed by atoms with van der Waals surface area (Å²) in [6, 6.07) is 20.5. The topological polar surface area (TPSA) is 55.6 Å². The number of nitrogens with zero attached hydrogens (tertiary/aromatic N) is 4. The first-order chi connectivity index (χ1) is 13.3. The van der Waals surface area contributed by atoms with Gasteiger partial charge in [0.1, 0.15) is 16.5 Å². The maximum Gasteiger partial charge on any atom is 0.239 e. The number of aryl methyl sites for hydroxylation is 1. The highest BCUT2D eigenvalue weighted by atomic mass is 32.1. The molecule has 2 aromatic carbocycles. The molecular weight excluding hydrogens is 354 g/mol. The monoisotopic (exact) mass is 371 g/mol. The maximum atomic E-state index is 4.85. The van der Waals surface area contributed by atoms with Crippen molar-refractivity contribution in [2.24, 2.45) is 0 Å². The van der Waals surface area contributed by atoms with E-state index in [0.717, 1.165) is 32.9 Å². The fourth-order valence-corrected chi connectivity index (χ4v) is 4.02. The first-order valence-corrected chi connectivity index (χ1v) is 9.65. The number of hydrogen-bond donors (Lipinski definition) is 1. The standard InChI is InChI=1S/C21H17N5S/c1-14-23-17-9-5-6-10-18(17)26(14)21-24-19(16-11-12-27-20(16)25-21)22-13-15-7-3-2-4-8-15/h2-12H,13H2,1H3,(H,22,24,25). The second-order valence-electron chi connectivity index (χ2n) is 6.33. The lowest BCUT2D eigenvalue weighted by molar-refractivity contribution is 0.915. The quantitative estimate of drug-likeness (QED) is 0.486. The Bertz CT molecular complexity index is 1240. The van der Waals surface area contributed by atoms with E-state index in [1.165, 1.54) is 5.56 Å². The van der Waals surface area contributed by atoms with Crippen molar-refractivity contribution in [2.45, 2.75) is 13.5 Å². The van der Waals surface area contributed by atoms with Crippen LogP contribution in [0.4, 0.5) is 5.82 Å². The summed E-state index contributed by atoms with van der Waals surface area (Å²) in [5.74, 6) is 2.37. The first-order valence-electron chi connectivity index (χ1n) is 8.77. The summed E-state index contributed by atoms with van der Waals surface area (Å²) >= 11 is 1.62. The van der Waals surface area contributed by atoms with E-state index >= 15 is 0 Å². The van der Waals surface area contributed by atoms with Crippen LogP contribution in [0, 0.1) is 6.92 Å². The Kier molecular flexibility index (Phi) is 3.83. The average Bonchev–Trinajstić information content (AvgIpc) is 3.30. The van der Waals surface area contributed by atoms with Gasteiger partial charge in [-0.2, -0.15) is 4.98 Å². The van der Waals surface area contributed by atoms with Crippen LogP contribution in [-0.4, -0.2) is 19.5 Å². The molecule has 0 fully saturated rings. The molecule has 5 aromatic rings. The van der Waals surface area contributed by atoms with Crippen molar-refractivity contribution in [3.05, 3.63) is 77.4 Å². The third kappa shape index (κ3) is 2.84. The summed E-state index contributed by atoms with van der Waals surface area (Å²) in [7, 11) is 0. The fourth-order valence-electron chi connectivity index (χ4n) is 3.26. The van der Waals surface area contributed by atoms with Crippen molar-refractivity contribution in [3.63, 3.8) is 0 Å². The molecule has 0 bridgehead atoms. The molecule has 3 aromatic heterocycles. The Morgan fingerprint density at radius 2 is 1.74 bits per heavy atom. The van der Waals surface area contributed by atoms with Crippen molar-refractivity contribution < 1.29 is 0 Å². The van der Waals surface area contributed by atoms with E-state index in [9.17, 15) is 0 Å². The Morgan fingerprint density at radius 3 is 2.63 bits per heavy atom. The lowest BCUT2D eigenvalue weighted by Gasteiger charge is -2.11. The molecule has 5 nitrogen and oxygen atoms in total. The smallest absolute Gasteiger partial charge is 0.239 e. The molecule has 0 aliphatic carbocycles. The van der Waals surface area contributed by atoms with Crippen LogP contribution in [0.1, 0.15) is 11.4 Å². The van der Waals surface area contributed by atoms with Gasteiger partial charge in [0.25, 0.3) is 0 Å². The molecule has 0 atom stereocenters. The molecule has 27 heavy (non-hydrogen) atoms. The van der Waals surface area contributed by atoms with Crippen molar-refractivity contribution in [2.75, 3.05) is 5.32 Å². The second-order valence-corrected chi connectivity index (χ2v) is 7.23. The molecule has 0 aliphatic rings. The van der Waals surface area contributed by atoms with Gasteiger partial charge in [0.15, 0.2) is 0 Å². The number of fused-ring (bicyclic) bond motifs is 2. The molecule has 0 aliphatic heterocycles. The molecule has 0 radical (unpaired) electrons. The van der Waals surface area contributed by atoms with Crippen LogP contribution in [0.3, 0.4) is 0 Å². The number of benzene rings is 2. The third-order valence-corrected chi connectivity index (χ3v) is 5.35. The van der Waals surface area contributed by atoms with Crippen LogP contribution in [-0.2, 0) is 6.54 Å². The Hall–Kier alpha value is -3.25. The zero-order valence-corrected chi connectivity index (χ0v) is 15.6. The van der Waals surface area contributed by atoms with Crippen LogP contribution in [0.2, 0.25) is 0 Å². The van der Waals surface area contributed by atoms with E-state index in [0.29, 0.717) is 12.5 Å². The van der Waals surface area contributed by atoms with Gasteiger partial charge in [-0.25, -0.2) is 9.97 Å². The highest BCUT2D eigenvalue weighted by Crippen LogP contribution is 2.28. The van der Waals surface area contributed by atoms with Crippen molar-refractivity contribution in [3.8, 4) is 5.95 Å². The van der Waals surface area contributed by atoms with Gasteiger partial charge in [0, 0.05) is 6.54 Å². The van der Waals surface area contributed by atoms with Crippen LogP contribution < -0.4 is 5.32 Å². The lowest BCUT2D eigenvalue weighted by Crippen LogP contribution is -2.08. The molecule has 6 heteroatoms. The van der Waals surface area contributed by atoms with E-state index in [1.54, 1.807) is 11.3 Å². The van der Waals surface area contributed by atoms with Gasteiger partial charge in [0.2, 0.25) is 5.95 Å². The van der Waals surface area contributed by atoms with Gasteiger partial charge in [-0.15, -0.1) is 11.3 Å². The zero-order valence-electron chi connectivity index (χ0n) is 14.8.